The van der Waals surface area contributed by atoms with Crippen LogP contribution < -0.4 is 0 Å². The number of allylic oxidation sites excluding steroid dienone is 1. The summed E-state index contributed by atoms with van der Waals surface area (Å²) in [5, 5.41) is 7.51. The van der Waals surface area contributed by atoms with Crippen molar-refractivity contribution in [2.45, 2.75) is 0 Å². The van der Waals surface area contributed by atoms with Crippen LogP contribution in [0.4, 0.5) is 0 Å². The summed E-state index contributed by atoms with van der Waals surface area (Å²) in [5.41, 5.74) is 0. The SMILES string of the molecule is C=CC#N.O=P(O)(O)O.[AlH3].[LiH].[Ti]. The molecule has 9 heteroatoms. The molecule has 0 aliphatic rings. The molecule has 0 saturated heterocycles. The second-order valence-electron chi connectivity index (χ2n) is 0.847. The minimum atomic E-state index is -4.64. The third-order valence-electron chi connectivity index (χ3n) is 0.0913. The van der Waals surface area contributed by atoms with Crippen molar-refractivity contribution in [3.63, 3.8) is 0 Å². The van der Waals surface area contributed by atoms with Gasteiger partial charge in [0.2, 0.25) is 0 Å². The molecule has 3 N–H and O–H groups in total. The van der Waals surface area contributed by atoms with Gasteiger partial charge >= 0.3 is 26.7 Å². The van der Waals surface area contributed by atoms with Crippen molar-refractivity contribution in [1.82, 2.24) is 0 Å². The maximum atomic E-state index is 8.88. The van der Waals surface area contributed by atoms with Crippen LogP contribution in [0.15, 0.2) is 12.7 Å². The molecule has 5 nitrogen and oxygen atoms in total. The van der Waals surface area contributed by atoms with Gasteiger partial charge in [0.05, 0.1) is 6.07 Å². The first-order valence-electron chi connectivity index (χ1n) is 1.70. The average molecular weight is 237 g/mol. The van der Waals surface area contributed by atoms with Gasteiger partial charge in [-0.05, 0) is 0 Å². The fraction of sp³-hybridized carbons (Fsp3) is 0. The fourth-order valence-electron chi connectivity index (χ4n) is 0. The van der Waals surface area contributed by atoms with Gasteiger partial charge in [0.1, 0.15) is 0 Å². The van der Waals surface area contributed by atoms with Crippen molar-refractivity contribution in [2.75, 3.05) is 0 Å². The summed E-state index contributed by atoms with van der Waals surface area (Å²) in [6.45, 7) is 3.12. The number of nitriles is 1. The van der Waals surface area contributed by atoms with Gasteiger partial charge in [0.25, 0.3) is 0 Å². The topological polar surface area (TPSA) is 102 Å². The third-order valence-corrected chi connectivity index (χ3v) is 0.0913. The van der Waals surface area contributed by atoms with Crippen LogP contribution in [-0.2, 0) is 26.3 Å². The Bertz CT molecular complexity index is 160. The molecule has 64 valence electrons. The van der Waals surface area contributed by atoms with Gasteiger partial charge in [-0.3, -0.25) is 0 Å². The molecule has 0 atom stereocenters. The molecule has 0 amide bonds. The van der Waals surface area contributed by atoms with E-state index >= 15 is 0 Å². The molecule has 0 radical (unpaired) electrons. The molecular weight excluding hydrogens is 227 g/mol. The first-order valence-corrected chi connectivity index (χ1v) is 3.27. The quantitative estimate of drug-likeness (QED) is 0.255. The molecule has 0 rings (SSSR count). The minimum Gasteiger partial charge on any atom is 0 e. The van der Waals surface area contributed by atoms with Gasteiger partial charge in [-0.15, -0.1) is 0 Å². The van der Waals surface area contributed by atoms with Crippen molar-refractivity contribution < 1.29 is 41.0 Å². The van der Waals surface area contributed by atoms with E-state index in [0.717, 1.165) is 0 Å². The standard InChI is InChI=1S/C3H3N.Al.Li.H3O4P.Ti.4H/c1-2-3-4;;;1-5(2,3)4;;;;;/h2H,1H2;;;(H3,1,2,3,4);;;;;. The largest absolute Gasteiger partial charge is 0 e. The predicted molar refractivity (Wildman–Crippen MR) is 47.2 cm³/mol. The molecule has 0 unspecified atom stereocenters. The zero-order chi connectivity index (χ0) is 7.91. The molecule has 0 aromatic heterocycles. The monoisotopic (exact) mass is 237 g/mol. The van der Waals surface area contributed by atoms with E-state index in [0.29, 0.717) is 0 Å². The third kappa shape index (κ3) is 243. The summed E-state index contributed by atoms with van der Waals surface area (Å²) in [5.74, 6) is 0. The summed E-state index contributed by atoms with van der Waals surface area (Å²) >= 11 is 0. The minimum absolute atomic E-state index is 0. The van der Waals surface area contributed by atoms with Crippen LogP contribution in [0.5, 0.6) is 0 Å². The molecule has 0 fully saturated rings. The van der Waals surface area contributed by atoms with Crippen molar-refractivity contribution in [3.8, 4) is 6.07 Å². The van der Waals surface area contributed by atoms with Gasteiger partial charge in [-0.2, -0.15) is 5.26 Å². The summed E-state index contributed by atoms with van der Waals surface area (Å²) in [6, 6.07) is 1.69. The predicted octanol–water partition coefficient (Wildman–Crippen LogP) is -2.07. The molecule has 0 bridgehead atoms. The van der Waals surface area contributed by atoms with Gasteiger partial charge in [-0.25, -0.2) is 4.57 Å². The van der Waals surface area contributed by atoms with E-state index < -0.39 is 7.82 Å². The van der Waals surface area contributed by atoms with Gasteiger partial charge < -0.3 is 14.7 Å². The molecule has 0 aliphatic carbocycles. The fourth-order valence-corrected chi connectivity index (χ4v) is 0. The average Bonchev–Trinajstić information content (AvgIpc) is 1.61. The molecule has 12 heavy (non-hydrogen) atoms. The first kappa shape index (κ1) is 29.2. The van der Waals surface area contributed by atoms with E-state index in [2.05, 4.69) is 6.58 Å². The van der Waals surface area contributed by atoms with Crippen LogP contribution in [-0.4, -0.2) is 50.9 Å². The van der Waals surface area contributed by atoms with Gasteiger partial charge in [0.15, 0.2) is 17.4 Å². The van der Waals surface area contributed by atoms with E-state index in [1.165, 1.54) is 6.08 Å². The Morgan fingerprint density at radius 3 is 1.50 bits per heavy atom. The Balaban J connectivity index is -0.0000000221. The smallest absolute Gasteiger partial charge is 0 e. The number of hydrogen-bond donors (Lipinski definition) is 3. The van der Waals surface area contributed by atoms with Crippen molar-refractivity contribution >= 4 is 44.0 Å². The zero-order valence-electron chi connectivity index (χ0n) is 4.93. The maximum Gasteiger partial charge on any atom is 0 e. The normalized spacial score (nSPS) is 6.17. The van der Waals surface area contributed by atoms with E-state index in [-0.39, 0.29) is 57.9 Å². The van der Waals surface area contributed by atoms with E-state index in [1.54, 1.807) is 6.07 Å². The Morgan fingerprint density at radius 2 is 1.50 bits per heavy atom. The second kappa shape index (κ2) is 18.1. The van der Waals surface area contributed by atoms with Crippen LogP contribution >= 0.6 is 7.82 Å². The summed E-state index contributed by atoms with van der Waals surface area (Å²) in [7, 11) is -4.64. The van der Waals surface area contributed by atoms with Crippen LogP contribution in [0, 0.1) is 11.3 Å². The van der Waals surface area contributed by atoms with Gasteiger partial charge in [-0.1, -0.05) is 6.58 Å². The summed E-state index contributed by atoms with van der Waals surface area (Å²) in [6.07, 6.45) is 1.18. The first-order chi connectivity index (χ1) is 3.91. The molecule has 0 aromatic carbocycles. The van der Waals surface area contributed by atoms with E-state index in [4.69, 9.17) is 24.5 Å². The Morgan fingerprint density at radius 1 is 1.42 bits per heavy atom. The Kier molecular flexibility index (Phi) is 44.0. The van der Waals surface area contributed by atoms with Gasteiger partial charge in [0, 0.05) is 27.8 Å². The molecule has 0 aromatic rings. The van der Waals surface area contributed by atoms with Crippen molar-refractivity contribution in [1.29, 1.82) is 5.26 Å². The molecule has 0 spiro atoms. The number of rotatable bonds is 0. The van der Waals surface area contributed by atoms with E-state index in [9.17, 15) is 0 Å². The molecule has 0 aliphatic heterocycles. The van der Waals surface area contributed by atoms with Crippen LogP contribution in [0.2, 0.25) is 0 Å². The van der Waals surface area contributed by atoms with Crippen molar-refractivity contribution in [3.05, 3.63) is 12.7 Å². The molecular formula is C3H10AlLiNO4PTi. The van der Waals surface area contributed by atoms with Crippen LogP contribution in [0.25, 0.3) is 0 Å². The van der Waals surface area contributed by atoms with Crippen LogP contribution in [0.3, 0.4) is 0 Å². The molecule has 0 heterocycles. The van der Waals surface area contributed by atoms with E-state index in [1.807, 2.05) is 0 Å². The summed E-state index contributed by atoms with van der Waals surface area (Å²) in [4.78, 5) is 21.6. The summed E-state index contributed by atoms with van der Waals surface area (Å²) < 4.78 is 8.88. The second-order valence-corrected chi connectivity index (χ2v) is 1.87. The van der Waals surface area contributed by atoms with Crippen molar-refractivity contribution in [2.24, 2.45) is 0 Å². The number of phosphoric acid groups is 1. The number of nitrogens with zero attached hydrogens (tertiary/aromatic N) is 1. The number of hydrogen-bond acceptors (Lipinski definition) is 2. The Hall–Kier alpha value is 1.18. The maximum absolute atomic E-state index is 8.88. The van der Waals surface area contributed by atoms with Crippen LogP contribution in [0.1, 0.15) is 0 Å². The Labute approximate surface area is 108 Å². The molecule has 0 saturated carbocycles. The zero-order valence-corrected chi connectivity index (χ0v) is 7.38.